The lowest BCUT2D eigenvalue weighted by atomic mass is 10.0. The van der Waals surface area contributed by atoms with E-state index in [1.54, 1.807) is 33.5 Å². The normalized spacial score (nSPS) is 11.1. The van der Waals surface area contributed by atoms with Gasteiger partial charge in [0.2, 0.25) is 5.75 Å². The molecule has 0 atom stereocenters. The van der Waals surface area contributed by atoms with Gasteiger partial charge in [0.25, 0.3) is 0 Å². The summed E-state index contributed by atoms with van der Waals surface area (Å²) in [7, 11) is 6.26. The van der Waals surface area contributed by atoms with Crippen LogP contribution in [-0.4, -0.2) is 33.5 Å². The first-order chi connectivity index (χ1) is 11.5. The smallest absolute Gasteiger partial charge is 0.203 e. The van der Waals surface area contributed by atoms with E-state index in [0.29, 0.717) is 23.0 Å². The monoisotopic (exact) mass is 330 g/mol. The van der Waals surface area contributed by atoms with Crippen LogP contribution >= 0.6 is 0 Å². The molecule has 5 heteroatoms. The van der Waals surface area contributed by atoms with Gasteiger partial charge in [0.05, 0.1) is 28.4 Å². The van der Waals surface area contributed by atoms with Gasteiger partial charge in [-0.15, -0.1) is 0 Å². The van der Waals surface area contributed by atoms with Crippen LogP contribution < -0.4 is 18.9 Å². The minimum absolute atomic E-state index is 0.104. The Kier molecular flexibility index (Phi) is 5.58. The number of benzene rings is 2. The Morgan fingerprint density at radius 2 is 1.42 bits per heavy atom. The molecule has 0 saturated heterocycles. The maximum atomic E-state index is 9.93. The predicted octanol–water partition coefficient (Wildman–Crippen LogP) is 3.99. The second kappa shape index (κ2) is 7.64. The molecule has 0 radical (unpaired) electrons. The van der Waals surface area contributed by atoms with Gasteiger partial charge >= 0.3 is 0 Å². The van der Waals surface area contributed by atoms with Crippen molar-refractivity contribution >= 4 is 11.6 Å². The fraction of sp³-hybridized carbons (Fsp3) is 0.263. The SMILES string of the molecule is COc1ccc(C(C)=Cc2cc(OC)c(OC)c(OC)c2)cc1O. The number of phenolic OH excluding ortho intramolecular Hbond substituents is 1. The van der Waals surface area contributed by atoms with Gasteiger partial charge in [0, 0.05) is 0 Å². The van der Waals surface area contributed by atoms with Gasteiger partial charge in [-0.25, -0.2) is 0 Å². The maximum absolute atomic E-state index is 9.93. The van der Waals surface area contributed by atoms with Crippen LogP contribution in [0, 0.1) is 0 Å². The zero-order valence-corrected chi connectivity index (χ0v) is 14.5. The minimum atomic E-state index is 0.104. The number of rotatable bonds is 6. The fourth-order valence-electron chi connectivity index (χ4n) is 2.45. The lowest BCUT2D eigenvalue weighted by Crippen LogP contribution is -1.95. The van der Waals surface area contributed by atoms with E-state index in [4.69, 9.17) is 18.9 Å². The standard InChI is InChI=1S/C19H22O5/c1-12(14-6-7-16(21-2)15(20)11-14)8-13-9-17(22-3)19(24-5)18(10-13)23-4/h6-11,20H,1-5H3. The number of hydrogen-bond acceptors (Lipinski definition) is 5. The van der Waals surface area contributed by atoms with Crippen LogP contribution in [0.5, 0.6) is 28.7 Å². The molecule has 0 amide bonds. The van der Waals surface area contributed by atoms with E-state index < -0.39 is 0 Å². The molecule has 128 valence electrons. The summed E-state index contributed by atoms with van der Waals surface area (Å²) < 4.78 is 21.1. The van der Waals surface area contributed by atoms with Crippen LogP contribution in [0.1, 0.15) is 18.1 Å². The van der Waals surface area contributed by atoms with Crippen molar-refractivity contribution in [3.05, 3.63) is 41.5 Å². The third kappa shape index (κ3) is 3.56. The Morgan fingerprint density at radius 3 is 1.88 bits per heavy atom. The van der Waals surface area contributed by atoms with Crippen LogP contribution in [0.4, 0.5) is 0 Å². The lowest BCUT2D eigenvalue weighted by Gasteiger charge is -2.13. The highest BCUT2D eigenvalue weighted by molar-refractivity contribution is 5.82. The highest BCUT2D eigenvalue weighted by Crippen LogP contribution is 2.39. The van der Waals surface area contributed by atoms with Gasteiger partial charge in [-0.2, -0.15) is 0 Å². The number of allylic oxidation sites excluding steroid dienone is 1. The number of aromatic hydroxyl groups is 1. The van der Waals surface area contributed by atoms with Gasteiger partial charge in [-0.3, -0.25) is 0 Å². The molecule has 24 heavy (non-hydrogen) atoms. The molecule has 2 aromatic rings. The summed E-state index contributed by atoms with van der Waals surface area (Å²) >= 11 is 0. The van der Waals surface area contributed by atoms with Crippen LogP contribution in [0.3, 0.4) is 0 Å². The molecule has 0 aliphatic carbocycles. The molecular weight excluding hydrogens is 308 g/mol. The summed E-state index contributed by atoms with van der Waals surface area (Å²) in [5.74, 6) is 2.28. The van der Waals surface area contributed by atoms with Crippen LogP contribution in [-0.2, 0) is 0 Å². The second-order valence-electron chi connectivity index (χ2n) is 5.17. The summed E-state index contributed by atoms with van der Waals surface area (Å²) in [5, 5.41) is 9.93. The summed E-state index contributed by atoms with van der Waals surface area (Å²) in [6, 6.07) is 9.03. The molecule has 1 N–H and O–H groups in total. The summed E-state index contributed by atoms with van der Waals surface area (Å²) in [6.07, 6.45) is 1.98. The van der Waals surface area contributed by atoms with Gasteiger partial charge in [-0.05, 0) is 47.9 Å². The van der Waals surface area contributed by atoms with Gasteiger partial charge in [0.15, 0.2) is 23.0 Å². The zero-order valence-electron chi connectivity index (χ0n) is 14.5. The number of phenols is 1. The topological polar surface area (TPSA) is 57.2 Å². The Balaban J connectivity index is 2.44. The molecule has 2 aromatic carbocycles. The van der Waals surface area contributed by atoms with E-state index >= 15 is 0 Å². The van der Waals surface area contributed by atoms with E-state index in [9.17, 15) is 5.11 Å². The van der Waals surface area contributed by atoms with E-state index in [1.807, 2.05) is 31.2 Å². The van der Waals surface area contributed by atoms with Crippen molar-refractivity contribution < 1.29 is 24.1 Å². The van der Waals surface area contributed by atoms with Crippen LogP contribution in [0.25, 0.3) is 11.6 Å². The average molecular weight is 330 g/mol. The summed E-state index contributed by atoms with van der Waals surface area (Å²) in [5.41, 5.74) is 2.77. The molecule has 0 unspecified atom stereocenters. The molecule has 0 aliphatic heterocycles. The molecular formula is C19H22O5. The lowest BCUT2D eigenvalue weighted by molar-refractivity contribution is 0.324. The first-order valence-corrected chi connectivity index (χ1v) is 7.39. The van der Waals surface area contributed by atoms with Crippen molar-refractivity contribution in [3.63, 3.8) is 0 Å². The number of methoxy groups -OCH3 is 4. The molecule has 0 spiro atoms. The second-order valence-corrected chi connectivity index (χ2v) is 5.17. The molecule has 0 aliphatic rings. The van der Waals surface area contributed by atoms with Gasteiger partial charge in [0.1, 0.15) is 0 Å². The van der Waals surface area contributed by atoms with Crippen LogP contribution in [0.15, 0.2) is 30.3 Å². The third-order valence-corrected chi connectivity index (χ3v) is 3.70. The van der Waals surface area contributed by atoms with Crippen LogP contribution in [0.2, 0.25) is 0 Å². The Labute approximate surface area is 142 Å². The van der Waals surface area contributed by atoms with E-state index in [1.165, 1.54) is 7.11 Å². The molecule has 0 bridgehead atoms. The molecule has 0 aromatic heterocycles. The van der Waals surface area contributed by atoms with Crippen molar-refractivity contribution in [1.82, 2.24) is 0 Å². The first-order valence-electron chi connectivity index (χ1n) is 7.39. The minimum Gasteiger partial charge on any atom is -0.504 e. The van der Waals surface area contributed by atoms with Crippen molar-refractivity contribution in [2.24, 2.45) is 0 Å². The fourth-order valence-corrected chi connectivity index (χ4v) is 2.45. The molecule has 5 nitrogen and oxygen atoms in total. The maximum Gasteiger partial charge on any atom is 0.203 e. The highest BCUT2D eigenvalue weighted by atomic mass is 16.5. The molecule has 0 saturated carbocycles. The number of hydrogen-bond donors (Lipinski definition) is 1. The molecule has 2 rings (SSSR count). The number of ether oxygens (including phenoxy) is 4. The third-order valence-electron chi connectivity index (χ3n) is 3.70. The Hall–Kier alpha value is -2.82. The van der Waals surface area contributed by atoms with Crippen molar-refractivity contribution in [3.8, 4) is 28.7 Å². The Morgan fingerprint density at radius 1 is 0.833 bits per heavy atom. The summed E-state index contributed by atoms with van der Waals surface area (Å²) in [4.78, 5) is 0. The molecule has 0 heterocycles. The van der Waals surface area contributed by atoms with Crippen molar-refractivity contribution in [2.45, 2.75) is 6.92 Å². The summed E-state index contributed by atoms with van der Waals surface area (Å²) in [6.45, 7) is 1.96. The quantitative estimate of drug-likeness (QED) is 0.812. The first kappa shape index (κ1) is 17.5. The van der Waals surface area contributed by atoms with E-state index in [-0.39, 0.29) is 5.75 Å². The van der Waals surface area contributed by atoms with Gasteiger partial charge < -0.3 is 24.1 Å². The van der Waals surface area contributed by atoms with E-state index in [0.717, 1.165) is 16.7 Å². The van der Waals surface area contributed by atoms with Gasteiger partial charge in [-0.1, -0.05) is 12.1 Å². The Bertz CT molecular complexity index is 724. The van der Waals surface area contributed by atoms with Crippen molar-refractivity contribution in [1.29, 1.82) is 0 Å². The van der Waals surface area contributed by atoms with E-state index in [2.05, 4.69) is 0 Å². The van der Waals surface area contributed by atoms with Crippen molar-refractivity contribution in [2.75, 3.05) is 28.4 Å². The predicted molar refractivity (Wildman–Crippen MR) is 94.3 cm³/mol. The molecule has 0 fully saturated rings. The zero-order chi connectivity index (χ0) is 17.7. The largest absolute Gasteiger partial charge is 0.504 e. The highest BCUT2D eigenvalue weighted by Gasteiger charge is 2.12. The average Bonchev–Trinajstić information content (AvgIpc) is 2.60.